The van der Waals surface area contributed by atoms with Crippen molar-refractivity contribution in [3.63, 3.8) is 0 Å². The van der Waals surface area contributed by atoms with Crippen LogP contribution in [0.2, 0.25) is 0 Å². The van der Waals surface area contributed by atoms with Crippen LogP contribution in [0.25, 0.3) is 0 Å². The predicted molar refractivity (Wildman–Crippen MR) is 71.6 cm³/mol. The molecule has 2 nitrogen and oxygen atoms in total. The smallest absolute Gasteiger partial charge is 0.139 e. The largest absolute Gasteiger partial charge is 0.397 e. The lowest BCUT2D eigenvalue weighted by molar-refractivity contribution is 0.494. The molecule has 0 aromatic heterocycles. The molecule has 0 spiro atoms. The van der Waals surface area contributed by atoms with Crippen molar-refractivity contribution in [2.75, 3.05) is 23.7 Å². The molecule has 17 heavy (non-hydrogen) atoms. The first-order valence-corrected chi connectivity index (χ1v) is 6.94. The topological polar surface area (TPSA) is 29.3 Å². The Morgan fingerprint density at radius 1 is 1.24 bits per heavy atom. The molecule has 1 aromatic carbocycles. The van der Waals surface area contributed by atoms with Crippen molar-refractivity contribution in [2.45, 2.75) is 19.3 Å². The average molecular weight is 299 g/mol. The minimum atomic E-state index is -0.286. The van der Waals surface area contributed by atoms with Gasteiger partial charge in [-0.05, 0) is 46.7 Å². The molecule has 1 aromatic rings. The summed E-state index contributed by atoms with van der Waals surface area (Å²) in [5.74, 6) is 1.35. The van der Waals surface area contributed by atoms with E-state index in [0.29, 0.717) is 10.2 Å². The third-order valence-electron chi connectivity index (χ3n) is 4.14. The van der Waals surface area contributed by atoms with E-state index in [0.717, 1.165) is 30.6 Å². The number of anilines is 2. The molecule has 4 heteroatoms. The first-order chi connectivity index (χ1) is 8.15. The van der Waals surface area contributed by atoms with Crippen molar-refractivity contribution in [3.05, 3.63) is 22.4 Å². The molecule has 92 valence electrons. The van der Waals surface area contributed by atoms with Crippen molar-refractivity contribution in [2.24, 2.45) is 11.8 Å². The van der Waals surface area contributed by atoms with E-state index in [1.54, 1.807) is 0 Å². The zero-order valence-corrected chi connectivity index (χ0v) is 11.2. The molecule has 1 aliphatic carbocycles. The molecule has 3 rings (SSSR count). The van der Waals surface area contributed by atoms with E-state index in [1.165, 1.54) is 25.3 Å². The molecule has 1 aliphatic heterocycles. The summed E-state index contributed by atoms with van der Waals surface area (Å²) in [5, 5.41) is 0. The van der Waals surface area contributed by atoms with Gasteiger partial charge in [-0.15, -0.1) is 0 Å². The molecule has 2 N–H and O–H groups in total. The summed E-state index contributed by atoms with van der Waals surface area (Å²) in [7, 11) is 0. The number of nitrogens with two attached hydrogens (primary N) is 1. The summed E-state index contributed by atoms with van der Waals surface area (Å²) < 4.78 is 13.8. The maximum atomic E-state index is 13.3. The second kappa shape index (κ2) is 4.16. The molecule has 2 atom stereocenters. The van der Waals surface area contributed by atoms with Crippen molar-refractivity contribution < 1.29 is 4.39 Å². The summed E-state index contributed by atoms with van der Waals surface area (Å²) in [5.41, 5.74) is 7.44. The summed E-state index contributed by atoms with van der Waals surface area (Å²) in [6.45, 7) is 2.15. The summed E-state index contributed by atoms with van der Waals surface area (Å²) in [4.78, 5) is 2.31. The second-order valence-electron chi connectivity index (χ2n) is 5.18. The first kappa shape index (κ1) is 11.3. The SMILES string of the molecule is Nc1cc(F)c(Br)cc1N1CC2CCCC2C1. The van der Waals surface area contributed by atoms with Gasteiger partial charge < -0.3 is 10.6 Å². The lowest BCUT2D eigenvalue weighted by Gasteiger charge is -2.22. The number of hydrogen-bond acceptors (Lipinski definition) is 2. The normalized spacial score (nSPS) is 27.5. The van der Waals surface area contributed by atoms with Gasteiger partial charge in [0.1, 0.15) is 5.82 Å². The van der Waals surface area contributed by atoms with Gasteiger partial charge in [-0.2, -0.15) is 0 Å². The number of benzene rings is 1. The Labute approximate surface area is 109 Å². The quantitative estimate of drug-likeness (QED) is 0.805. The van der Waals surface area contributed by atoms with E-state index in [9.17, 15) is 4.39 Å². The van der Waals surface area contributed by atoms with Crippen molar-refractivity contribution in [3.8, 4) is 0 Å². The van der Waals surface area contributed by atoms with E-state index < -0.39 is 0 Å². The number of hydrogen-bond donors (Lipinski definition) is 1. The molecule has 1 heterocycles. The van der Waals surface area contributed by atoms with Crippen LogP contribution < -0.4 is 10.6 Å². The van der Waals surface area contributed by atoms with Gasteiger partial charge in [0.15, 0.2) is 0 Å². The van der Waals surface area contributed by atoms with Gasteiger partial charge in [-0.3, -0.25) is 0 Å². The molecule has 2 unspecified atom stereocenters. The fraction of sp³-hybridized carbons (Fsp3) is 0.538. The summed E-state index contributed by atoms with van der Waals surface area (Å²) >= 11 is 3.23. The predicted octanol–water partition coefficient (Wildman–Crippen LogP) is 3.41. The minimum Gasteiger partial charge on any atom is -0.397 e. The number of nitrogens with zero attached hydrogens (tertiary/aromatic N) is 1. The fourth-order valence-electron chi connectivity index (χ4n) is 3.26. The van der Waals surface area contributed by atoms with E-state index >= 15 is 0 Å². The van der Waals surface area contributed by atoms with E-state index in [4.69, 9.17) is 5.73 Å². The van der Waals surface area contributed by atoms with Crippen LogP contribution in [0.15, 0.2) is 16.6 Å². The Morgan fingerprint density at radius 2 is 1.88 bits per heavy atom. The van der Waals surface area contributed by atoms with Gasteiger partial charge in [-0.25, -0.2) is 4.39 Å². The van der Waals surface area contributed by atoms with Crippen LogP contribution in [-0.4, -0.2) is 13.1 Å². The molecule has 1 saturated carbocycles. The van der Waals surface area contributed by atoms with Crippen molar-refractivity contribution in [1.82, 2.24) is 0 Å². The van der Waals surface area contributed by atoms with Gasteiger partial charge in [0, 0.05) is 19.2 Å². The fourth-order valence-corrected chi connectivity index (χ4v) is 3.59. The summed E-state index contributed by atoms with van der Waals surface area (Å²) in [6.07, 6.45) is 4.04. The van der Waals surface area contributed by atoms with E-state index in [-0.39, 0.29) is 5.82 Å². The Morgan fingerprint density at radius 3 is 2.53 bits per heavy atom. The van der Waals surface area contributed by atoms with Crippen LogP contribution in [0.5, 0.6) is 0 Å². The van der Waals surface area contributed by atoms with Crippen LogP contribution in [0.3, 0.4) is 0 Å². The lowest BCUT2D eigenvalue weighted by Crippen LogP contribution is -2.22. The van der Waals surface area contributed by atoms with Crippen molar-refractivity contribution in [1.29, 1.82) is 0 Å². The molecule has 2 fully saturated rings. The molecule has 0 bridgehead atoms. The molecule has 2 aliphatic rings. The second-order valence-corrected chi connectivity index (χ2v) is 6.04. The van der Waals surface area contributed by atoms with Gasteiger partial charge >= 0.3 is 0 Å². The van der Waals surface area contributed by atoms with Crippen molar-refractivity contribution >= 4 is 27.3 Å². The monoisotopic (exact) mass is 298 g/mol. The summed E-state index contributed by atoms with van der Waals surface area (Å²) in [6, 6.07) is 3.22. The maximum absolute atomic E-state index is 13.3. The zero-order chi connectivity index (χ0) is 12.0. The number of halogens is 2. The Bertz CT molecular complexity index is 437. The lowest BCUT2D eigenvalue weighted by atomic mass is 10.0. The number of nitrogen functional groups attached to an aromatic ring is 1. The van der Waals surface area contributed by atoms with Crippen LogP contribution in [0.1, 0.15) is 19.3 Å². The van der Waals surface area contributed by atoms with Crippen LogP contribution in [0, 0.1) is 17.7 Å². The third kappa shape index (κ3) is 1.92. The number of rotatable bonds is 1. The zero-order valence-electron chi connectivity index (χ0n) is 9.63. The highest BCUT2D eigenvalue weighted by Gasteiger charge is 2.36. The molecular weight excluding hydrogens is 283 g/mol. The van der Waals surface area contributed by atoms with E-state index in [1.807, 2.05) is 6.07 Å². The standard InChI is InChI=1S/C13H16BrFN2/c14-10-4-13(12(16)5-11(10)15)17-6-8-2-1-3-9(8)7-17/h4-5,8-9H,1-3,6-7,16H2. The van der Waals surface area contributed by atoms with Crippen LogP contribution >= 0.6 is 15.9 Å². The molecular formula is C13H16BrFN2. The Hall–Kier alpha value is -0.770. The van der Waals surface area contributed by atoms with E-state index in [2.05, 4.69) is 20.8 Å². The van der Waals surface area contributed by atoms with Gasteiger partial charge in [-0.1, -0.05) is 6.42 Å². The average Bonchev–Trinajstić information content (AvgIpc) is 2.83. The maximum Gasteiger partial charge on any atom is 0.139 e. The highest BCUT2D eigenvalue weighted by Crippen LogP contribution is 2.41. The highest BCUT2D eigenvalue weighted by atomic mass is 79.9. The van der Waals surface area contributed by atoms with Crippen LogP contribution in [-0.2, 0) is 0 Å². The molecule has 1 saturated heterocycles. The van der Waals surface area contributed by atoms with Gasteiger partial charge in [0.2, 0.25) is 0 Å². The highest BCUT2D eigenvalue weighted by molar-refractivity contribution is 9.10. The van der Waals surface area contributed by atoms with Gasteiger partial charge in [0.05, 0.1) is 15.8 Å². The third-order valence-corrected chi connectivity index (χ3v) is 4.74. The van der Waals surface area contributed by atoms with Crippen LogP contribution in [0.4, 0.5) is 15.8 Å². The minimum absolute atomic E-state index is 0.286. The first-order valence-electron chi connectivity index (χ1n) is 6.14. The number of fused-ring (bicyclic) bond motifs is 1. The van der Waals surface area contributed by atoms with Gasteiger partial charge in [0.25, 0.3) is 0 Å². The Balaban J connectivity index is 1.88. The molecule has 0 amide bonds. The molecule has 0 radical (unpaired) electrons. The Kier molecular flexibility index (Phi) is 2.77.